The molecule has 2 heterocycles. The quantitative estimate of drug-likeness (QED) is 0.816. The molecule has 2 amide bonds. The summed E-state index contributed by atoms with van der Waals surface area (Å²) in [7, 11) is 0. The Bertz CT molecular complexity index is 611. The molecule has 26 heavy (non-hydrogen) atoms. The Balaban J connectivity index is 1.38. The highest BCUT2D eigenvalue weighted by molar-refractivity contribution is 6.30. The molecule has 0 unspecified atom stereocenters. The molecule has 0 saturated carbocycles. The fourth-order valence-corrected chi connectivity index (χ4v) is 3.27. The van der Waals surface area contributed by atoms with E-state index in [9.17, 15) is 9.59 Å². The molecule has 142 valence electrons. The predicted octanol–water partition coefficient (Wildman–Crippen LogP) is 0.755. The van der Waals surface area contributed by atoms with Crippen molar-refractivity contribution < 1.29 is 14.3 Å². The maximum atomic E-state index is 12.4. The van der Waals surface area contributed by atoms with Gasteiger partial charge in [-0.25, -0.2) is 0 Å². The highest BCUT2D eigenvalue weighted by atomic mass is 35.5. The van der Waals surface area contributed by atoms with Crippen molar-refractivity contribution in [2.24, 2.45) is 0 Å². The van der Waals surface area contributed by atoms with Gasteiger partial charge >= 0.3 is 0 Å². The average Bonchev–Trinajstić information content (AvgIpc) is 2.65. The Hall–Kier alpha value is -1.67. The van der Waals surface area contributed by atoms with Gasteiger partial charge in [0.05, 0.1) is 26.3 Å². The summed E-state index contributed by atoms with van der Waals surface area (Å²) in [6, 6.07) is 7.05. The lowest BCUT2D eigenvalue weighted by molar-refractivity contribution is -0.135. The summed E-state index contributed by atoms with van der Waals surface area (Å²) in [6.45, 7) is 6.57. The summed E-state index contributed by atoms with van der Waals surface area (Å²) in [5, 5.41) is 3.51. The number of halogens is 1. The monoisotopic (exact) mass is 380 g/mol. The molecule has 0 aliphatic carbocycles. The molecule has 2 aliphatic rings. The fraction of sp³-hybridized carbons (Fsp3) is 0.556. The van der Waals surface area contributed by atoms with Gasteiger partial charge in [-0.05, 0) is 24.3 Å². The number of nitrogens with zero attached hydrogens (tertiary/aromatic N) is 3. The maximum Gasteiger partial charge on any atom is 0.238 e. The number of ether oxygens (including phenoxy) is 1. The maximum absolute atomic E-state index is 12.4. The molecule has 2 aliphatic heterocycles. The van der Waals surface area contributed by atoms with Crippen molar-refractivity contribution in [2.75, 3.05) is 70.9 Å². The van der Waals surface area contributed by atoms with Crippen LogP contribution in [0.15, 0.2) is 24.3 Å². The van der Waals surface area contributed by atoms with Gasteiger partial charge in [-0.2, -0.15) is 0 Å². The van der Waals surface area contributed by atoms with E-state index in [1.807, 2.05) is 4.90 Å². The summed E-state index contributed by atoms with van der Waals surface area (Å²) in [4.78, 5) is 30.7. The zero-order valence-electron chi connectivity index (χ0n) is 14.8. The highest BCUT2D eigenvalue weighted by Crippen LogP contribution is 2.13. The van der Waals surface area contributed by atoms with E-state index in [0.29, 0.717) is 57.5 Å². The van der Waals surface area contributed by atoms with Gasteiger partial charge in [0.1, 0.15) is 0 Å². The van der Waals surface area contributed by atoms with Crippen molar-refractivity contribution in [2.45, 2.75) is 0 Å². The minimum absolute atomic E-state index is 0.0552. The number of amides is 2. The minimum Gasteiger partial charge on any atom is -0.379 e. The number of carbonyl (C=O) groups excluding carboxylic acids is 2. The van der Waals surface area contributed by atoms with Crippen LogP contribution in [0.2, 0.25) is 5.02 Å². The lowest BCUT2D eigenvalue weighted by Crippen LogP contribution is -2.53. The average molecular weight is 381 g/mol. The summed E-state index contributed by atoms with van der Waals surface area (Å²) in [5.41, 5.74) is 0.735. The molecule has 0 radical (unpaired) electrons. The third-order valence-electron chi connectivity index (χ3n) is 4.68. The number of nitrogens with one attached hydrogen (secondary N) is 1. The molecule has 1 aromatic rings. The van der Waals surface area contributed by atoms with E-state index < -0.39 is 0 Å². The number of hydrogen-bond donors (Lipinski definition) is 1. The summed E-state index contributed by atoms with van der Waals surface area (Å²) < 4.78 is 5.31. The fourth-order valence-electron chi connectivity index (χ4n) is 3.14. The van der Waals surface area contributed by atoms with Crippen LogP contribution in [0.4, 0.5) is 5.69 Å². The third-order valence-corrected chi connectivity index (χ3v) is 4.93. The number of rotatable bonds is 5. The van der Waals surface area contributed by atoms with Gasteiger partial charge < -0.3 is 15.0 Å². The van der Waals surface area contributed by atoms with Gasteiger partial charge in [0.15, 0.2) is 0 Å². The zero-order valence-corrected chi connectivity index (χ0v) is 15.6. The van der Waals surface area contributed by atoms with Gasteiger partial charge in [0.25, 0.3) is 0 Å². The first-order chi connectivity index (χ1) is 12.6. The van der Waals surface area contributed by atoms with Crippen LogP contribution in [0.25, 0.3) is 0 Å². The first-order valence-corrected chi connectivity index (χ1v) is 9.33. The molecule has 2 saturated heterocycles. The van der Waals surface area contributed by atoms with Crippen molar-refractivity contribution in [3.63, 3.8) is 0 Å². The van der Waals surface area contributed by atoms with Crippen LogP contribution in [0.3, 0.4) is 0 Å². The number of hydrogen-bond acceptors (Lipinski definition) is 5. The Morgan fingerprint density at radius 3 is 2.19 bits per heavy atom. The van der Waals surface area contributed by atoms with Crippen molar-refractivity contribution >= 4 is 29.1 Å². The Labute approximate surface area is 158 Å². The lowest BCUT2D eigenvalue weighted by Gasteiger charge is -2.36. The number of carbonyl (C=O) groups is 2. The van der Waals surface area contributed by atoms with Crippen molar-refractivity contribution in [1.82, 2.24) is 14.7 Å². The van der Waals surface area contributed by atoms with Crippen LogP contribution in [-0.4, -0.2) is 92.1 Å². The highest BCUT2D eigenvalue weighted by Gasteiger charge is 2.24. The second kappa shape index (κ2) is 9.32. The Kier molecular flexibility index (Phi) is 6.85. The summed E-state index contributed by atoms with van der Waals surface area (Å²) in [5.74, 6) is 0.109. The van der Waals surface area contributed by atoms with Gasteiger partial charge in [-0.3, -0.25) is 19.4 Å². The second-order valence-corrected chi connectivity index (χ2v) is 7.04. The SMILES string of the molecule is O=C(CN1CCN(C(=O)CN2CCOCC2)CC1)Nc1ccc(Cl)cc1. The topological polar surface area (TPSA) is 65.1 Å². The van der Waals surface area contributed by atoms with Crippen LogP contribution in [-0.2, 0) is 14.3 Å². The van der Waals surface area contributed by atoms with Crippen LogP contribution in [0.5, 0.6) is 0 Å². The molecular formula is C18H25ClN4O3. The van der Waals surface area contributed by atoms with Crippen LogP contribution < -0.4 is 5.32 Å². The molecular weight excluding hydrogens is 356 g/mol. The molecule has 0 atom stereocenters. The smallest absolute Gasteiger partial charge is 0.238 e. The molecule has 8 heteroatoms. The van der Waals surface area contributed by atoms with Crippen LogP contribution in [0.1, 0.15) is 0 Å². The molecule has 3 rings (SSSR count). The van der Waals surface area contributed by atoms with E-state index in [2.05, 4.69) is 15.1 Å². The Morgan fingerprint density at radius 2 is 1.54 bits per heavy atom. The molecule has 0 bridgehead atoms. The molecule has 2 fully saturated rings. The van der Waals surface area contributed by atoms with Gasteiger partial charge in [0.2, 0.25) is 11.8 Å². The van der Waals surface area contributed by atoms with E-state index >= 15 is 0 Å². The van der Waals surface area contributed by atoms with Crippen LogP contribution in [0, 0.1) is 0 Å². The van der Waals surface area contributed by atoms with E-state index in [-0.39, 0.29) is 11.8 Å². The Morgan fingerprint density at radius 1 is 0.923 bits per heavy atom. The van der Waals surface area contributed by atoms with E-state index in [1.54, 1.807) is 24.3 Å². The molecule has 7 nitrogen and oxygen atoms in total. The first-order valence-electron chi connectivity index (χ1n) is 8.96. The number of anilines is 1. The van der Waals surface area contributed by atoms with E-state index in [4.69, 9.17) is 16.3 Å². The molecule has 0 spiro atoms. The normalized spacial score (nSPS) is 19.3. The van der Waals surface area contributed by atoms with E-state index in [0.717, 1.165) is 18.8 Å². The van der Waals surface area contributed by atoms with Gasteiger partial charge in [0, 0.05) is 50.0 Å². The van der Waals surface area contributed by atoms with Crippen molar-refractivity contribution in [3.8, 4) is 0 Å². The largest absolute Gasteiger partial charge is 0.379 e. The van der Waals surface area contributed by atoms with Crippen molar-refractivity contribution in [3.05, 3.63) is 29.3 Å². The van der Waals surface area contributed by atoms with Gasteiger partial charge in [-0.15, -0.1) is 0 Å². The molecule has 1 N–H and O–H groups in total. The van der Waals surface area contributed by atoms with Crippen molar-refractivity contribution in [1.29, 1.82) is 0 Å². The first kappa shape index (κ1) is 19.1. The number of benzene rings is 1. The number of morpholine rings is 1. The van der Waals surface area contributed by atoms with Crippen LogP contribution >= 0.6 is 11.6 Å². The van der Waals surface area contributed by atoms with E-state index in [1.165, 1.54) is 0 Å². The van der Waals surface area contributed by atoms with Gasteiger partial charge in [-0.1, -0.05) is 11.6 Å². The number of piperazine rings is 1. The standard InChI is InChI=1S/C18H25ClN4O3/c19-15-1-3-16(4-2-15)20-17(24)13-21-5-7-23(8-6-21)18(25)14-22-9-11-26-12-10-22/h1-4H,5-14H2,(H,20,24). The summed E-state index contributed by atoms with van der Waals surface area (Å²) >= 11 is 5.84. The minimum atomic E-state index is -0.0552. The lowest BCUT2D eigenvalue weighted by atomic mass is 10.2. The summed E-state index contributed by atoms with van der Waals surface area (Å²) in [6.07, 6.45) is 0. The second-order valence-electron chi connectivity index (χ2n) is 6.60. The zero-order chi connectivity index (χ0) is 18.4. The predicted molar refractivity (Wildman–Crippen MR) is 100 cm³/mol. The molecule has 1 aromatic carbocycles. The third kappa shape index (κ3) is 5.67. The molecule has 0 aromatic heterocycles.